The smallest absolute Gasteiger partial charge is 0.179 e. The van der Waals surface area contributed by atoms with Crippen molar-refractivity contribution in [3.05, 3.63) is 127 Å². The number of hydrogen-bond acceptors (Lipinski definition) is 6. The van der Waals surface area contributed by atoms with Crippen LogP contribution < -0.4 is 11.1 Å². The maximum absolute atomic E-state index is 6.51. The zero-order valence-electron chi connectivity index (χ0n) is 23.5. The van der Waals surface area contributed by atoms with E-state index < -0.39 is 0 Å². The molecule has 3 aromatic heterocycles. The number of allylic oxidation sites excluding steroid dienone is 5. The van der Waals surface area contributed by atoms with E-state index in [4.69, 9.17) is 25.7 Å². The van der Waals surface area contributed by atoms with E-state index in [1.54, 1.807) is 0 Å². The lowest BCUT2D eigenvalue weighted by atomic mass is 10.1. The SMILES string of the molecule is N/C(=C\C=C/C1CC1)c1nc(C2=CC=CCN2)nc(-c2cccc(-c3nc4ccccc4n4c3cc3ccccc34)c2)n1. The first-order valence-electron chi connectivity index (χ1n) is 14.6. The monoisotopic (exact) mass is 559 g/mol. The molecular weight excluding hydrogens is 530 g/mol. The highest BCUT2D eigenvalue weighted by molar-refractivity contribution is 5.98. The van der Waals surface area contributed by atoms with Crippen LogP contribution in [-0.4, -0.2) is 30.9 Å². The van der Waals surface area contributed by atoms with Crippen molar-refractivity contribution in [2.45, 2.75) is 12.8 Å². The van der Waals surface area contributed by atoms with Crippen LogP contribution in [0.4, 0.5) is 0 Å². The van der Waals surface area contributed by atoms with Crippen LogP contribution in [-0.2, 0) is 0 Å². The highest BCUT2D eigenvalue weighted by Gasteiger charge is 2.18. The predicted molar refractivity (Wildman–Crippen MR) is 174 cm³/mol. The van der Waals surface area contributed by atoms with Crippen molar-refractivity contribution < 1.29 is 0 Å². The minimum Gasteiger partial charge on any atom is -0.396 e. The molecule has 3 aromatic carbocycles. The Labute approximate surface area is 248 Å². The summed E-state index contributed by atoms with van der Waals surface area (Å²) in [5.41, 5.74) is 14.8. The van der Waals surface area contributed by atoms with E-state index in [0.29, 0.717) is 35.6 Å². The summed E-state index contributed by atoms with van der Waals surface area (Å²) in [6.45, 7) is 0.711. The molecule has 1 saturated carbocycles. The molecule has 7 heteroatoms. The van der Waals surface area contributed by atoms with Crippen molar-refractivity contribution in [1.82, 2.24) is 29.7 Å². The van der Waals surface area contributed by atoms with Gasteiger partial charge in [0, 0.05) is 23.1 Å². The number of nitrogens with zero attached hydrogens (tertiary/aromatic N) is 5. The average molecular weight is 560 g/mol. The highest BCUT2D eigenvalue weighted by Crippen LogP contribution is 2.34. The fraction of sp³-hybridized carbons (Fsp3) is 0.111. The van der Waals surface area contributed by atoms with Gasteiger partial charge in [0.15, 0.2) is 17.5 Å². The normalized spacial score (nSPS) is 15.4. The molecule has 0 spiro atoms. The summed E-state index contributed by atoms with van der Waals surface area (Å²) in [6.07, 6.45) is 14.6. The zero-order chi connectivity index (χ0) is 28.8. The lowest BCUT2D eigenvalue weighted by Crippen LogP contribution is -2.18. The first-order valence-corrected chi connectivity index (χ1v) is 14.6. The first kappa shape index (κ1) is 25.2. The summed E-state index contributed by atoms with van der Waals surface area (Å²) in [5.74, 6) is 2.22. The molecule has 0 saturated heterocycles. The molecule has 0 radical (unpaired) electrons. The van der Waals surface area contributed by atoms with Crippen molar-refractivity contribution >= 4 is 38.8 Å². The Morgan fingerprint density at radius 3 is 2.49 bits per heavy atom. The number of rotatable bonds is 6. The van der Waals surface area contributed by atoms with Crippen molar-refractivity contribution in [3.63, 3.8) is 0 Å². The van der Waals surface area contributed by atoms with Gasteiger partial charge in [0.1, 0.15) is 0 Å². The van der Waals surface area contributed by atoms with Crippen molar-refractivity contribution in [2.75, 3.05) is 6.54 Å². The van der Waals surface area contributed by atoms with Gasteiger partial charge in [-0.15, -0.1) is 0 Å². The number of dihydropyridines is 1. The average Bonchev–Trinajstić information content (AvgIpc) is 3.81. The summed E-state index contributed by atoms with van der Waals surface area (Å²) in [7, 11) is 0. The lowest BCUT2D eigenvalue weighted by molar-refractivity contribution is 0.925. The Morgan fingerprint density at radius 1 is 0.814 bits per heavy atom. The van der Waals surface area contributed by atoms with Crippen LogP contribution in [0, 0.1) is 5.92 Å². The fourth-order valence-electron chi connectivity index (χ4n) is 5.58. The van der Waals surface area contributed by atoms with E-state index in [1.807, 2.05) is 42.5 Å². The third kappa shape index (κ3) is 4.75. The lowest BCUT2D eigenvalue weighted by Gasteiger charge is -2.14. The summed E-state index contributed by atoms with van der Waals surface area (Å²) in [6, 6.07) is 27.2. The van der Waals surface area contributed by atoms with Crippen molar-refractivity contribution in [3.8, 4) is 22.6 Å². The van der Waals surface area contributed by atoms with Crippen LogP contribution in [0.15, 0.2) is 115 Å². The van der Waals surface area contributed by atoms with Gasteiger partial charge in [-0.3, -0.25) is 0 Å². The van der Waals surface area contributed by atoms with E-state index in [-0.39, 0.29) is 0 Å². The molecule has 2 aliphatic rings. The molecule has 8 rings (SSSR count). The second kappa shape index (κ2) is 10.4. The summed E-state index contributed by atoms with van der Waals surface area (Å²) < 4.78 is 2.30. The molecule has 6 aromatic rings. The van der Waals surface area contributed by atoms with Gasteiger partial charge >= 0.3 is 0 Å². The van der Waals surface area contributed by atoms with E-state index in [1.165, 1.54) is 18.2 Å². The second-order valence-corrected chi connectivity index (χ2v) is 11.0. The van der Waals surface area contributed by atoms with Gasteiger partial charge in [-0.25, -0.2) is 19.9 Å². The Kier molecular flexibility index (Phi) is 6.07. The predicted octanol–water partition coefficient (Wildman–Crippen LogP) is 6.93. The van der Waals surface area contributed by atoms with Crippen LogP contribution in [0.25, 0.3) is 61.5 Å². The Bertz CT molecular complexity index is 2160. The van der Waals surface area contributed by atoms with E-state index in [2.05, 4.69) is 82.5 Å². The number of nitrogens with one attached hydrogen (secondary N) is 1. The molecule has 0 atom stereocenters. The van der Waals surface area contributed by atoms with Gasteiger partial charge in [0.25, 0.3) is 0 Å². The van der Waals surface area contributed by atoms with Gasteiger partial charge < -0.3 is 15.5 Å². The summed E-state index contributed by atoms with van der Waals surface area (Å²) in [5, 5.41) is 4.54. The maximum Gasteiger partial charge on any atom is 0.179 e. The van der Waals surface area contributed by atoms with Crippen LogP contribution in [0.3, 0.4) is 0 Å². The summed E-state index contributed by atoms with van der Waals surface area (Å²) in [4.78, 5) is 19.6. The van der Waals surface area contributed by atoms with Gasteiger partial charge in [-0.05, 0) is 61.2 Å². The molecule has 43 heavy (non-hydrogen) atoms. The van der Waals surface area contributed by atoms with Crippen LogP contribution in [0.1, 0.15) is 24.5 Å². The van der Waals surface area contributed by atoms with E-state index in [0.717, 1.165) is 44.6 Å². The topological polar surface area (TPSA) is 94.0 Å². The Balaban J connectivity index is 1.29. The standard InChI is InChI=1S/C36H29N7/c37-27(13-7-9-23-18-19-23)35-40-34(41-36(42-35)29-15-5-6-20-38-29)26-12-8-11-25(21-26)33-32-22-24-10-1-3-16-30(24)43(32)31-17-4-2-14-28(31)39-33/h1-17,21-23,38H,18-20,37H2/b9-7-,27-13-. The number of benzene rings is 3. The molecule has 1 aliphatic heterocycles. The number of aromatic nitrogens is 5. The maximum atomic E-state index is 6.51. The number of hydrogen-bond donors (Lipinski definition) is 2. The number of nitrogens with two attached hydrogens (primary N) is 1. The molecular formula is C36H29N7. The quantitative estimate of drug-likeness (QED) is 0.215. The number of fused-ring (bicyclic) bond motifs is 5. The molecule has 208 valence electrons. The Morgan fingerprint density at radius 2 is 1.63 bits per heavy atom. The highest BCUT2D eigenvalue weighted by atomic mass is 15.1. The molecule has 1 aliphatic carbocycles. The molecule has 1 fully saturated rings. The molecule has 0 bridgehead atoms. The van der Waals surface area contributed by atoms with Crippen molar-refractivity contribution in [2.24, 2.45) is 11.7 Å². The van der Waals surface area contributed by atoms with Gasteiger partial charge in [0.05, 0.1) is 39.2 Å². The van der Waals surface area contributed by atoms with Gasteiger partial charge in [-0.2, -0.15) is 0 Å². The Hall–Kier alpha value is -5.56. The van der Waals surface area contributed by atoms with Crippen molar-refractivity contribution in [1.29, 1.82) is 0 Å². The van der Waals surface area contributed by atoms with Gasteiger partial charge in [-0.1, -0.05) is 72.8 Å². The van der Waals surface area contributed by atoms with Crippen LogP contribution >= 0.6 is 0 Å². The van der Waals surface area contributed by atoms with Crippen LogP contribution in [0.5, 0.6) is 0 Å². The second-order valence-electron chi connectivity index (χ2n) is 11.0. The minimum absolute atomic E-state index is 0.451. The fourth-order valence-corrected chi connectivity index (χ4v) is 5.58. The van der Waals surface area contributed by atoms with E-state index >= 15 is 0 Å². The minimum atomic E-state index is 0.451. The number of para-hydroxylation sites is 3. The molecule has 4 heterocycles. The third-order valence-corrected chi connectivity index (χ3v) is 7.93. The largest absolute Gasteiger partial charge is 0.396 e. The molecule has 3 N–H and O–H groups in total. The zero-order valence-corrected chi connectivity index (χ0v) is 23.5. The molecule has 7 nitrogen and oxygen atoms in total. The van der Waals surface area contributed by atoms with E-state index in [9.17, 15) is 0 Å². The van der Waals surface area contributed by atoms with Gasteiger partial charge in [0.2, 0.25) is 0 Å². The van der Waals surface area contributed by atoms with Crippen LogP contribution in [0.2, 0.25) is 0 Å². The summed E-state index contributed by atoms with van der Waals surface area (Å²) >= 11 is 0. The molecule has 0 unspecified atom stereocenters. The first-order chi connectivity index (χ1) is 21.2. The third-order valence-electron chi connectivity index (χ3n) is 7.93. The molecule has 0 amide bonds.